The smallest absolute Gasteiger partial charge is 0.345 e. The zero-order valence-electron chi connectivity index (χ0n) is 13.4. The van der Waals surface area contributed by atoms with Gasteiger partial charge in [-0.3, -0.25) is 0 Å². The Morgan fingerprint density at radius 1 is 1.08 bits per heavy atom. The molecule has 0 aromatic heterocycles. The van der Waals surface area contributed by atoms with Gasteiger partial charge in [-0.2, -0.15) is 0 Å². The fourth-order valence-corrected chi connectivity index (χ4v) is 3.69. The van der Waals surface area contributed by atoms with E-state index in [0.29, 0.717) is 23.4 Å². The number of carboxylic acid groups (broad SMARTS) is 1. The number of para-hydroxylation sites is 2. The Morgan fingerprint density at radius 2 is 1.88 bits per heavy atom. The highest BCUT2D eigenvalue weighted by atomic mass is 16.5. The van der Waals surface area contributed by atoms with Crippen LogP contribution in [0, 0.1) is 5.92 Å². The predicted molar refractivity (Wildman–Crippen MR) is 92.9 cm³/mol. The Labute approximate surface area is 144 Å². The molecule has 2 aromatic carbocycles. The first-order valence-corrected chi connectivity index (χ1v) is 8.21. The first-order valence-electron chi connectivity index (χ1n) is 8.21. The monoisotopic (exact) mass is 335 g/mol. The lowest BCUT2D eigenvalue weighted by Crippen LogP contribution is -2.42. The van der Waals surface area contributed by atoms with Crippen molar-refractivity contribution in [3.8, 4) is 5.75 Å². The molecule has 0 radical (unpaired) electrons. The average Bonchev–Trinajstić information content (AvgIpc) is 3.11. The third-order valence-corrected chi connectivity index (χ3v) is 4.84. The second kappa shape index (κ2) is 6.09. The van der Waals surface area contributed by atoms with E-state index in [1.807, 2.05) is 30.4 Å². The molecule has 0 spiro atoms. The van der Waals surface area contributed by atoms with Gasteiger partial charge in [-0.15, -0.1) is 0 Å². The minimum atomic E-state index is -0.907. The van der Waals surface area contributed by atoms with E-state index in [4.69, 9.17) is 4.74 Å². The number of hydrogen-bond donors (Lipinski definition) is 2. The van der Waals surface area contributed by atoms with Crippen molar-refractivity contribution in [2.24, 2.45) is 5.92 Å². The maximum Gasteiger partial charge on any atom is 0.345 e. The van der Waals surface area contributed by atoms with Crippen molar-refractivity contribution in [2.75, 3.05) is 5.32 Å². The van der Waals surface area contributed by atoms with Crippen LogP contribution in [0.3, 0.4) is 0 Å². The summed E-state index contributed by atoms with van der Waals surface area (Å²) in [5.41, 5.74) is 1.86. The van der Waals surface area contributed by atoms with Gasteiger partial charge in [0.2, 0.25) is 0 Å². The number of ether oxygens (including phenoxy) is 1. The topological polar surface area (TPSA) is 75.6 Å². The van der Waals surface area contributed by atoms with Gasteiger partial charge in [-0.1, -0.05) is 42.5 Å². The molecule has 1 aliphatic carbocycles. The van der Waals surface area contributed by atoms with Gasteiger partial charge in [0.15, 0.2) is 0 Å². The molecule has 0 saturated heterocycles. The maximum atomic E-state index is 12.6. The van der Waals surface area contributed by atoms with Gasteiger partial charge >= 0.3 is 11.9 Å². The standard InChI is InChI=1S/C20H17NO4/c22-19(23)18-15-10-4-8-13(15)14-9-5-11-16(17(14)21-18)20(24)25-12-6-2-1-3-7-12/h1-9,11,13,15,18,21H,10H2,(H,22,23). The lowest BCUT2D eigenvalue weighted by atomic mass is 9.78. The van der Waals surface area contributed by atoms with E-state index in [0.717, 1.165) is 5.56 Å². The summed E-state index contributed by atoms with van der Waals surface area (Å²) >= 11 is 0. The lowest BCUT2D eigenvalue weighted by Gasteiger charge is -2.35. The van der Waals surface area contributed by atoms with Crippen LogP contribution in [0.5, 0.6) is 5.75 Å². The minimum absolute atomic E-state index is 0.00169. The Hall–Kier alpha value is -3.08. The van der Waals surface area contributed by atoms with Gasteiger partial charge in [-0.05, 0) is 30.2 Å². The number of benzene rings is 2. The van der Waals surface area contributed by atoms with Crippen molar-refractivity contribution in [2.45, 2.75) is 18.4 Å². The summed E-state index contributed by atoms with van der Waals surface area (Å²) in [4.78, 5) is 24.3. The second-order valence-corrected chi connectivity index (χ2v) is 6.29. The first kappa shape index (κ1) is 15.4. The van der Waals surface area contributed by atoms with Gasteiger partial charge < -0.3 is 15.2 Å². The molecule has 4 rings (SSSR count). The largest absolute Gasteiger partial charge is 0.480 e. The van der Waals surface area contributed by atoms with Crippen LogP contribution < -0.4 is 10.1 Å². The normalized spacial score (nSPS) is 23.3. The van der Waals surface area contributed by atoms with E-state index in [1.54, 1.807) is 30.3 Å². The van der Waals surface area contributed by atoms with Gasteiger partial charge in [0.1, 0.15) is 11.8 Å². The van der Waals surface area contributed by atoms with Crippen LogP contribution in [0.15, 0.2) is 60.7 Å². The SMILES string of the molecule is O=C(Oc1ccccc1)c1cccc2c1NC(C(=O)O)C1CC=CC21. The molecule has 0 fully saturated rings. The highest BCUT2D eigenvalue weighted by Gasteiger charge is 2.42. The number of allylic oxidation sites excluding steroid dienone is 2. The summed E-state index contributed by atoms with van der Waals surface area (Å²) in [7, 11) is 0. The number of carboxylic acids is 1. The molecule has 1 aliphatic heterocycles. The molecule has 0 bridgehead atoms. The summed E-state index contributed by atoms with van der Waals surface area (Å²) in [5.74, 6) is -0.989. The molecule has 0 saturated carbocycles. The van der Waals surface area contributed by atoms with Crippen LogP contribution in [0.1, 0.15) is 28.3 Å². The summed E-state index contributed by atoms with van der Waals surface area (Å²) in [6.07, 6.45) is 4.76. The number of nitrogens with one attached hydrogen (secondary N) is 1. The third kappa shape index (κ3) is 2.67. The molecule has 2 aliphatic rings. The van der Waals surface area contributed by atoms with Gasteiger partial charge in [0.25, 0.3) is 0 Å². The number of carbonyl (C=O) groups is 2. The number of anilines is 1. The van der Waals surface area contributed by atoms with E-state index in [9.17, 15) is 14.7 Å². The van der Waals surface area contributed by atoms with Gasteiger partial charge in [0.05, 0.1) is 11.3 Å². The predicted octanol–water partition coefficient (Wildman–Crippen LogP) is 3.44. The van der Waals surface area contributed by atoms with Crippen molar-refractivity contribution >= 4 is 17.6 Å². The fourth-order valence-electron chi connectivity index (χ4n) is 3.69. The van der Waals surface area contributed by atoms with Crippen molar-refractivity contribution in [3.63, 3.8) is 0 Å². The van der Waals surface area contributed by atoms with Crippen LogP contribution in [-0.4, -0.2) is 23.1 Å². The molecule has 3 atom stereocenters. The Balaban J connectivity index is 1.72. The molecule has 5 nitrogen and oxygen atoms in total. The molecule has 25 heavy (non-hydrogen) atoms. The van der Waals surface area contributed by atoms with Crippen molar-refractivity contribution in [1.82, 2.24) is 0 Å². The number of aliphatic carboxylic acids is 1. The summed E-state index contributed by atoms with van der Waals surface area (Å²) in [5, 5.41) is 12.6. The Morgan fingerprint density at radius 3 is 2.64 bits per heavy atom. The average molecular weight is 335 g/mol. The Kier molecular flexibility index (Phi) is 3.76. The molecule has 2 N–H and O–H groups in total. The second-order valence-electron chi connectivity index (χ2n) is 6.29. The van der Waals surface area contributed by atoms with Crippen LogP contribution >= 0.6 is 0 Å². The quantitative estimate of drug-likeness (QED) is 0.510. The summed E-state index contributed by atoms with van der Waals surface area (Å²) in [6, 6.07) is 13.5. The van der Waals surface area contributed by atoms with Crippen molar-refractivity contribution < 1.29 is 19.4 Å². The fraction of sp³-hybridized carbons (Fsp3) is 0.200. The number of fused-ring (bicyclic) bond motifs is 3. The van der Waals surface area contributed by atoms with E-state index in [1.165, 1.54) is 0 Å². The molecular weight excluding hydrogens is 318 g/mol. The maximum absolute atomic E-state index is 12.6. The summed E-state index contributed by atoms with van der Waals surface area (Å²) < 4.78 is 5.43. The van der Waals surface area contributed by atoms with E-state index >= 15 is 0 Å². The highest BCUT2D eigenvalue weighted by molar-refractivity contribution is 5.99. The minimum Gasteiger partial charge on any atom is -0.480 e. The number of carbonyl (C=O) groups excluding carboxylic acids is 1. The van der Waals surface area contributed by atoms with Crippen LogP contribution in [-0.2, 0) is 4.79 Å². The zero-order valence-corrected chi connectivity index (χ0v) is 13.4. The molecule has 3 unspecified atom stereocenters. The van der Waals surface area contributed by atoms with Crippen molar-refractivity contribution in [1.29, 1.82) is 0 Å². The van der Waals surface area contributed by atoms with Crippen LogP contribution in [0.2, 0.25) is 0 Å². The molecule has 1 heterocycles. The van der Waals surface area contributed by atoms with Crippen LogP contribution in [0.25, 0.3) is 0 Å². The molecule has 2 aromatic rings. The van der Waals surface area contributed by atoms with Crippen LogP contribution in [0.4, 0.5) is 5.69 Å². The van der Waals surface area contributed by atoms with E-state index in [2.05, 4.69) is 5.32 Å². The Bertz CT molecular complexity index is 859. The third-order valence-electron chi connectivity index (χ3n) is 4.84. The molecular formula is C20H17NO4. The van der Waals surface area contributed by atoms with E-state index < -0.39 is 18.0 Å². The highest BCUT2D eigenvalue weighted by Crippen LogP contribution is 2.45. The molecule has 0 amide bonds. The molecule has 5 heteroatoms. The summed E-state index contributed by atoms with van der Waals surface area (Å²) in [6.45, 7) is 0. The molecule has 126 valence electrons. The van der Waals surface area contributed by atoms with Crippen molar-refractivity contribution in [3.05, 3.63) is 71.8 Å². The number of rotatable bonds is 3. The number of hydrogen-bond acceptors (Lipinski definition) is 4. The van der Waals surface area contributed by atoms with Gasteiger partial charge in [-0.25, -0.2) is 9.59 Å². The zero-order chi connectivity index (χ0) is 17.4. The number of esters is 1. The van der Waals surface area contributed by atoms with Gasteiger partial charge in [0, 0.05) is 11.8 Å². The lowest BCUT2D eigenvalue weighted by molar-refractivity contribution is -0.139. The first-order chi connectivity index (χ1) is 12.1. The van der Waals surface area contributed by atoms with E-state index in [-0.39, 0.29) is 11.8 Å².